The number of benzene rings is 3. The van der Waals surface area contributed by atoms with Crippen molar-refractivity contribution in [2.24, 2.45) is 0 Å². The van der Waals surface area contributed by atoms with E-state index >= 15 is 0 Å². The molecular weight excluding hydrogens is 360 g/mol. The standard InChI is InChI=1S/C21H18N2O5/c1-27-20-12-17(22-21(24)16-10-6-3-7-11-16)19(13-18(20)23(25)26)28-14-15-8-4-2-5-9-15/h2-13H,14H2,1H3,(H,22,24). The molecule has 0 unspecified atom stereocenters. The molecule has 28 heavy (non-hydrogen) atoms. The molecule has 0 aromatic heterocycles. The van der Waals surface area contributed by atoms with Crippen LogP contribution in [0.5, 0.6) is 11.5 Å². The second-order valence-corrected chi connectivity index (χ2v) is 5.87. The molecule has 0 aliphatic rings. The van der Waals surface area contributed by atoms with Gasteiger partial charge in [-0.2, -0.15) is 0 Å². The SMILES string of the molecule is COc1cc(NC(=O)c2ccccc2)c(OCc2ccccc2)cc1[N+](=O)[O-]. The van der Waals surface area contributed by atoms with Crippen molar-refractivity contribution < 1.29 is 19.2 Å². The number of carbonyl (C=O) groups excluding carboxylic acids is 1. The van der Waals surface area contributed by atoms with Gasteiger partial charge in [-0.1, -0.05) is 48.5 Å². The first-order valence-corrected chi connectivity index (χ1v) is 8.48. The maximum Gasteiger partial charge on any atom is 0.314 e. The predicted molar refractivity (Wildman–Crippen MR) is 105 cm³/mol. The van der Waals surface area contributed by atoms with E-state index in [0.717, 1.165) is 5.56 Å². The third-order valence-electron chi connectivity index (χ3n) is 4.00. The van der Waals surface area contributed by atoms with Crippen LogP contribution >= 0.6 is 0 Å². The summed E-state index contributed by atoms with van der Waals surface area (Å²) in [5.74, 6) is -0.151. The van der Waals surface area contributed by atoms with Crippen LogP contribution in [0.1, 0.15) is 15.9 Å². The van der Waals surface area contributed by atoms with Gasteiger partial charge in [-0.15, -0.1) is 0 Å². The second-order valence-electron chi connectivity index (χ2n) is 5.87. The fraction of sp³-hybridized carbons (Fsp3) is 0.0952. The quantitative estimate of drug-likeness (QED) is 0.485. The summed E-state index contributed by atoms with van der Waals surface area (Å²) in [7, 11) is 1.33. The van der Waals surface area contributed by atoms with Gasteiger partial charge in [0.2, 0.25) is 0 Å². The number of nitro benzene ring substituents is 1. The monoisotopic (exact) mass is 378 g/mol. The number of carbonyl (C=O) groups is 1. The molecule has 3 aromatic carbocycles. The minimum Gasteiger partial charge on any atom is -0.490 e. The topological polar surface area (TPSA) is 90.7 Å². The number of hydrogen-bond donors (Lipinski definition) is 1. The second kappa shape index (κ2) is 8.68. The Morgan fingerprint density at radius 3 is 2.25 bits per heavy atom. The van der Waals surface area contributed by atoms with Crippen LogP contribution in [0.3, 0.4) is 0 Å². The molecule has 7 heteroatoms. The van der Waals surface area contributed by atoms with Crippen molar-refractivity contribution in [3.8, 4) is 11.5 Å². The van der Waals surface area contributed by atoms with Gasteiger partial charge in [0.15, 0.2) is 5.75 Å². The zero-order valence-corrected chi connectivity index (χ0v) is 15.1. The van der Waals surface area contributed by atoms with Gasteiger partial charge in [-0.05, 0) is 17.7 Å². The van der Waals surface area contributed by atoms with Gasteiger partial charge in [0.1, 0.15) is 12.4 Å². The molecule has 0 saturated carbocycles. The zero-order valence-electron chi connectivity index (χ0n) is 15.1. The first-order valence-electron chi connectivity index (χ1n) is 8.48. The van der Waals surface area contributed by atoms with E-state index in [-0.39, 0.29) is 35.4 Å². The largest absolute Gasteiger partial charge is 0.490 e. The van der Waals surface area contributed by atoms with Gasteiger partial charge < -0.3 is 14.8 Å². The van der Waals surface area contributed by atoms with Crippen LogP contribution in [0, 0.1) is 10.1 Å². The molecule has 0 radical (unpaired) electrons. The van der Waals surface area contributed by atoms with Crippen LogP contribution in [0.4, 0.5) is 11.4 Å². The van der Waals surface area contributed by atoms with E-state index in [9.17, 15) is 14.9 Å². The van der Waals surface area contributed by atoms with Crippen molar-refractivity contribution >= 4 is 17.3 Å². The van der Waals surface area contributed by atoms with Gasteiger partial charge in [0, 0.05) is 11.6 Å². The highest BCUT2D eigenvalue weighted by atomic mass is 16.6. The number of amides is 1. The van der Waals surface area contributed by atoms with Gasteiger partial charge in [-0.25, -0.2) is 0 Å². The fourth-order valence-electron chi connectivity index (χ4n) is 2.59. The van der Waals surface area contributed by atoms with Crippen molar-refractivity contribution in [2.75, 3.05) is 12.4 Å². The van der Waals surface area contributed by atoms with Crippen LogP contribution in [-0.2, 0) is 6.61 Å². The fourth-order valence-corrected chi connectivity index (χ4v) is 2.59. The number of nitrogens with zero attached hydrogens (tertiary/aromatic N) is 1. The number of ether oxygens (including phenoxy) is 2. The lowest BCUT2D eigenvalue weighted by atomic mass is 10.2. The Morgan fingerprint density at radius 1 is 1.00 bits per heavy atom. The molecule has 3 aromatic rings. The third kappa shape index (κ3) is 4.45. The third-order valence-corrected chi connectivity index (χ3v) is 4.00. The van der Waals surface area contributed by atoms with E-state index in [1.165, 1.54) is 19.2 Å². The number of nitro groups is 1. The van der Waals surface area contributed by atoms with Gasteiger partial charge in [0.25, 0.3) is 5.91 Å². The Morgan fingerprint density at radius 2 is 1.64 bits per heavy atom. The lowest BCUT2D eigenvalue weighted by Crippen LogP contribution is -2.13. The Balaban J connectivity index is 1.93. The Hall–Kier alpha value is -3.87. The molecule has 0 spiro atoms. The van der Waals surface area contributed by atoms with Gasteiger partial charge in [0.05, 0.1) is 23.8 Å². The highest BCUT2D eigenvalue weighted by molar-refractivity contribution is 6.05. The molecule has 1 amide bonds. The highest BCUT2D eigenvalue weighted by Gasteiger charge is 2.21. The molecule has 3 rings (SSSR count). The minimum atomic E-state index is -0.559. The first-order chi connectivity index (χ1) is 13.6. The molecule has 7 nitrogen and oxygen atoms in total. The summed E-state index contributed by atoms with van der Waals surface area (Å²) in [6, 6.07) is 20.6. The lowest BCUT2D eigenvalue weighted by Gasteiger charge is -2.14. The van der Waals surface area contributed by atoms with Crippen LogP contribution < -0.4 is 14.8 Å². The average Bonchev–Trinajstić information content (AvgIpc) is 2.73. The molecule has 142 valence electrons. The summed E-state index contributed by atoms with van der Waals surface area (Å²) in [4.78, 5) is 23.3. The van der Waals surface area contributed by atoms with Crippen LogP contribution in [0.15, 0.2) is 72.8 Å². The van der Waals surface area contributed by atoms with Gasteiger partial charge in [-0.3, -0.25) is 14.9 Å². The minimum absolute atomic E-state index is 0.0282. The van der Waals surface area contributed by atoms with Crippen LogP contribution in [0.25, 0.3) is 0 Å². The molecule has 0 saturated heterocycles. The molecule has 0 aliphatic heterocycles. The Labute approximate surface area is 161 Å². The van der Waals surface area contributed by atoms with Crippen molar-refractivity contribution in [3.63, 3.8) is 0 Å². The number of hydrogen-bond acceptors (Lipinski definition) is 5. The molecule has 0 atom stereocenters. The predicted octanol–water partition coefficient (Wildman–Crippen LogP) is 4.43. The van der Waals surface area contributed by atoms with E-state index in [1.807, 2.05) is 30.3 Å². The number of anilines is 1. The maximum atomic E-state index is 12.5. The summed E-state index contributed by atoms with van der Waals surface area (Å²) in [6.07, 6.45) is 0. The summed E-state index contributed by atoms with van der Waals surface area (Å²) in [5.41, 5.74) is 1.38. The van der Waals surface area contributed by atoms with E-state index in [1.54, 1.807) is 30.3 Å². The Bertz CT molecular complexity index is 975. The Kier molecular flexibility index (Phi) is 5.86. The van der Waals surface area contributed by atoms with E-state index in [0.29, 0.717) is 5.56 Å². The maximum absolute atomic E-state index is 12.5. The lowest BCUT2D eigenvalue weighted by molar-refractivity contribution is -0.385. The van der Waals surface area contributed by atoms with Gasteiger partial charge >= 0.3 is 5.69 Å². The first kappa shape index (κ1) is 18.9. The van der Waals surface area contributed by atoms with E-state index in [2.05, 4.69) is 5.32 Å². The number of rotatable bonds is 7. The van der Waals surface area contributed by atoms with E-state index < -0.39 is 4.92 Å². The molecule has 0 heterocycles. The highest BCUT2D eigenvalue weighted by Crippen LogP contribution is 2.38. The molecular formula is C21H18N2O5. The normalized spacial score (nSPS) is 10.2. The van der Waals surface area contributed by atoms with Crippen LogP contribution in [-0.4, -0.2) is 17.9 Å². The smallest absolute Gasteiger partial charge is 0.314 e. The molecule has 0 aliphatic carbocycles. The summed E-state index contributed by atoms with van der Waals surface area (Å²) >= 11 is 0. The number of nitrogens with one attached hydrogen (secondary N) is 1. The van der Waals surface area contributed by atoms with Crippen molar-refractivity contribution in [2.45, 2.75) is 6.61 Å². The summed E-state index contributed by atoms with van der Waals surface area (Å²) in [5, 5.41) is 14.1. The van der Waals surface area contributed by atoms with Crippen LogP contribution in [0.2, 0.25) is 0 Å². The average molecular weight is 378 g/mol. The molecule has 0 fully saturated rings. The molecule has 1 N–H and O–H groups in total. The zero-order chi connectivity index (χ0) is 19.9. The summed E-state index contributed by atoms with van der Waals surface area (Å²) < 4.78 is 10.9. The van der Waals surface area contributed by atoms with Crippen molar-refractivity contribution in [1.82, 2.24) is 0 Å². The van der Waals surface area contributed by atoms with Crippen molar-refractivity contribution in [1.29, 1.82) is 0 Å². The van der Waals surface area contributed by atoms with E-state index in [4.69, 9.17) is 9.47 Å². The molecule has 0 bridgehead atoms. The summed E-state index contributed by atoms with van der Waals surface area (Å²) in [6.45, 7) is 0.193. The number of methoxy groups -OCH3 is 1. The van der Waals surface area contributed by atoms with Crippen molar-refractivity contribution in [3.05, 3.63) is 94.0 Å².